The molecule has 0 radical (unpaired) electrons. The minimum Gasteiger partial charge on any atom is -0.480 e. The van der Waals surface area contributed by atoms with Crippen LogP contribution in [0.25, 0.3) is 0 Å². The number of urea groups is 1. The second kappa shape index (κ2) is 7.07. The number of nitrogens with zero attached hydrogens (tertiary/aromatic N) is 1. The molecule has 2 N–H and O–H groups in total. The van der Waals surface area contributed by atoms with Crippen molar-refractivity contribution < 1.29 is 19.1 Å². The maximum Gasteiger partial charge on any atom is 0.323 e. The van der Waals surface area contributed by atoms with E-state index in [1.165, 1.54) is 24.3 Å². The van der Waals surface area contributed by atoms with Gasteiger partial charge in [0.2, 0.25) is 0 Å². The number of benzene rings is 1. The average Bonchev–Trinajstić information content (AvgIpc) is 2.31. The Bertz CT molecular complexity index is 508. The van der Waals surface area contributed by atoms with E-state index in [2.05, 4.69) is 11.9 Å². The summed E-state index contributed by atoms with van der Waals surface area (Å²) >= 11 is 1.88. The molecule has 0 saturated heterocycles. The Hall–Kier alpha value is -1.64. The summed E-state index contributed by atoms with van der Waals surface area (Å²) in [7, 11) is 0. The zero-order chi connectivity index (χ0) is 14.4. The summed E-state index contributed by atoms with van der Waals surface area (Å²) in [6.07, 6.45) is 1.43. The van der Waals surface area contributed by atoms with Gasteiger partial charge in [-0.25, -0.2) is 9.18 Å². The fraction of sp³-hybridized carbons (Fsp3) is 0.167. The van der Waals surface area contributed by atoms with Crippen molar-refractivity contribution in [2.45, 2.75) is 0 Å². The number of anilines is 1. The molecule has 0 fully saturated rings. The number of nitrogens with one attached hydrogen (secondary N) is 1. The second-order valence-electron chi connectivity index (χ2n) is 3.62. The summed E-state index contributed by atoms with van der Waals surface area (Å²) in [4.78, 5) is 23.6. The molecule has 1 aromatic rings. The van der Waals surface area contributed by atoms with Crippen LogP contribution in [0.4, 0.5) is 14.9 Å². The number of carboxylic acid groups (broad SMARTS) is 1. The number of hydrogen-bond acceptors (Lipinski definition) is 2. The van der Waals surface area contributed by atoms with Gasteiger partial charge < -0.3 is 15.3 Å². The summed E-state index contributed by atoms with van der Waals surface area (Å²) in [6, 6.07) is 3.33. The van der Waals surface area contributed by atoms with Crippen LogP contribution < -0.4 is 5.32 Å². The highest BCUT2D eigenvalue weighted by Gasteiger charge is 2.16. The van der Waals surface area contributed by atoms with E-state index in [9.17, 15) is 14.0 Å². The average molecular weight is 378 g/mol. The van der Waals surface area contributed by atoms with Crippen LogP contribution in [0.15, 0.2) is 30.9 Å². The molecule has 2 amide bonds. The largest absolute Gasteiger partial charge is 0.480 e. The molecule has 0 aliphatic rings. The third-order valence-electron chi connectivity index (χ3n) is 2.14. The second-order valence-corrected chi connectivity index (χ2v) is 4.78. The van der Waals surface area contributed by atoms with Gasteiger partial charge in [0.1, 0.15) is 12.4 Å². The molecular weight excluding hydrogens is 366 g/mol. The molecule has 19 heavy (non-hydrogen) atoms. The normalized spacial score (nSPS) is 9.79. The summed E-state index contributed by atoms with van der Waals surface area (Å²) in [5, 5.41) is 11.2. The molecule has 1 rings (SSSR count). The van der Waals surface area contributed by atoms with Crippen molar-refractivity contribution in [3.8, 4) is 0 Å². The summed E-state index contributed by atoms with van der Waals surface area (Å²) < 4.78 is 13.4. The summed E-state index contributed by atoms with van der Waals surface area (Å²) in [6.45, 7) is 3.13. The van der Waals surface area contributed by atoms with Crippen LogP contribution in [0.1, 0.15) is 0 Å². The lowest BCUT2D eigenvalue weighted by molar-refractivity contribution is -0.137. The van der Waals surface area contributed by atoms with Gasteiger partial charge in [-0.2, -0.15) is 0 Å². The third-order valence-corrected chi connectivity index (χ3v) is 3.03. The van der Waals surface area contributed by atoms with Crippen LogP contribution >= 0.6 is 22.6 Å². The maximum absolute atomic E-state index is 12.9. The topological polar surface area (TPSA) is 69.6 Å². The van der Waals surface area contributed by atoms with Crippen LogP contribution in [0.2, 0.25) is 0 Å². The van der Waals surface area contributed by atoms with Crippen molar-refractivity contribution in [1.82, 2.24) is 4.90 Å². The van der Waals surface area contributed by atoms with Crippen LogP contribution in [0.5, 0.6) is 0 Å². The maximum atomic E-state index is 12.9. The molecule has 0 atom stereocenters. The van der Waals surface area contributed by atoms with Gasteiger partial charge in [-0.1, -0.05) is 6.08 Å². The lowest BCUT2D eigenvalue weighted by atomic mass is 10.3. The Morgan fingerprint density at radius 2 is 2.21 bits per heavy atom. The van der Waals surface area contributed by atoms with E-state index in [0.717, 1.165) is 4.90 Å². The number of halogens is 2. The van der Waals surface area contributed by atoms with Crippen molar-refractivity contribution >= 4 is 40.3 Å². The number of hydrogen-bond donors (Lipinski definition) is 2. The first kappa shape index (κ1) is 15.4. The minimum atomic E-state index is -1.12. The molecule has 0 spiro atoms. The van der Waals surface area contributed by atoms with Gasteiger partial charge in [0.25, 0.3) is 0 Å². The van der Waals surface area contributed by atoms with Crippen molar-refractivity contribution in [3.05, 3.63) is 40.2 Å². The standard InChI is InChI=1S/C12H12FIN2O3/c1-2-5-16(7-11(17)18)12(19)15-10-4-3-8(13)6-9(10)14/h2-4,6H,1,5,7H2,(H,15,19)(H,17,18). The van der Waals surface area contributed by atoms with Crippen LogP contribution in [-0.2, 0) is 4.79 Å². The predicted octanol–water partition coefficient (Wildman–Crippen LogP) is 2.53. The van der Waals surface area contributed by atoms with Gasteiger partial charge >= 0.3 is 12.0 Å². The Kier molecular flexibility index (Phi) is 5.74. The molecule has 0 heterocycles. The third kappa shape index (κ3) is 4.86. The monoisotopic (exact) mass is 378 g/mol. The molecule has 0 unspecified atom stereocenters. The zero-order valence-corrected chi connectivity index (χ0v) is 12.1. The van der Waals surface area contributed by atoms with Gasteiger partial charge in [-0.3, -0.25) is 4.79 Å². The van der Waals surface area contributed by atoms with Gasteiger partial charge in [0, 0.05) is 10.1 Å². The van der Waals surface area contributed by atoms with Crippen LogP contribution in [0, 0.1) is 9.39 Å². The van der Waals surface area contributed by atoms with Crippen molar-refractivity contribution in [3.63, 3.8) is 0 Å². The number of rotatable bonds is 5. The van der Waals surface area contributed by atoms with Crippen molar-refractivity contribution in [2.75, 3.05) is 18.4 Å². The molecule has 0 saturated carbocycles. The number of amides is 2. The van der Waals surface area contributed by atoms with E-state index in [-0.39, 0.29) is 6.54 Å². The smallest absolute Gasteiger partial charge is 0.323 e. The fourth-order valence-electron chi connectivity index (χ4n) is 1.32. The fourth-order valence-corrected chi connectivity index (χ4v) is 1.94. The van der Waals surface area contributed by atoms with Crippen LogP contribution in [0.3, 0.4) is 0 Å². The number of carboxylic acids is 1. The molecule has 1 aromatic carbocycles. The molecule has 0 bridgehead atoms. The Morgan fingerprint density at radius 1 is 1.53 bits per heavy atom. The molecule has 0 aliphatic heterocycles. The van der Waals surface area contributed by atoms with E-state index >= 15 is 0 Å². The number of aliphatic carboxylic acids is 1. The quantitative estimate of drug-likeness (QED) is 0.611. The molecule has 0 aliphatic carbocycles. The first-order valence-electron chi connectivity index (χ1n) is 5.27. The highest BCUT2D eigenvalue weighted by Crippen LogP contribution is 2.19. The van der Waals surface area contributed by atoms with E-state index < -0.39 is 24.4 Å². The highest BCUT2D eigenvalue weighted by molar-refractivity contribution is 14.1. The predicted molar refractivity (Wildman–Crippen MR) is 77.5 cm³/mol. The Balaban J connectivity index is 2.80. The van der Waals surface area contributed by atoms with Crippen molar-refractivity contribution in [2.24, 2.45) is 0 Å². The molecule has 5 nitrogen and oxygen atoms in total. The van der Waals surface area contributed by atoms with E-state index in [0.29, 0.717) is 9.26 Å². The zero-order valence-electron chi connectivity index (χ0n) is 9.90. The SMILES string of the molecule is C=CCN(CC(=O)O)C(=O)Nc1ccc(F)cc1I. The van der Waals surface area contributed by atoms with Crippen LogP contribution in [-0.4, -0.2) is 35.1 Å². The van der Waals surface area contributed by atoms with Gasteiger partial charge in [0.05, 0.1) is 5.69 Å². The Morgan fingerprint density at radius 3 is 2.74 bits per heavy atom. The highest BCUT2D eigenvalue weighted by atomic mass is 127. The van der Waals surface area contributed by atoms with E-state index in [1.54, 1.807) is 0 Å². The molecule has 0 aromatic heterocycles. The van der Waals surface area contributed by atoms with E-state index in [1.807, 2.05) is 22.6 Å². The van der Waals surface area contributed by atoms with Gasteiger partial charge in [0.15, 0.2) is 0 Å². The number of carbonyl (C=O) groups excluding carboxylic acids is 1. The van der Waals surface area contributed by atoms with E-state index in [4.69, 9.17) is 5.11 Å². The minimum absolute atomic E-state index is 0.107. The molecule has 102 valence electrons. The Labute approximate surface area is 123 Å². The first-order valence-corrected chi connectivity index (χ1v) is 6.35. The molecular formula is C12H12FIN2O3. The lowest BCUT2D eigenvalue weighted by Gasteiger charge is -2.19. The van der Waals surface area contributed by atoms with Gasteiger partial charge in [-0.05, 0) is 40.8 Å². The number of carbonyl (C=O) groups is 2. The first-order chi connectivity index (χ1) is 8.93. The molecule has 7 heteroatoms. The summed E-state index contributed by atoms with van der Waals surface area (Å²) in [5.74, 6) is -1.53. The summed E-state index contributed by atoms with van der Waals surface area (Å²) in [5.41, 5.74) is 0.423. The lowest BCUT2D eigenvalue weighted by Crippen LogP contribution is -2.38. The van der Waals surface area contributed by atoms with Crippen molar-refractivity contribution in [1.29, 1.82) is 0 Å². The van der Waals surface area contributed by atoms with Gasteiger partial charge in [-0.15, -0.1) is 6.58 Å².